The minimum absolute atomic E-state index is 0. The van der Waals surface area contributed by atoms with E-state index in [2.05, 4.69) is 48.7 Å². The molecule has 10 nitrogen and oxygen atoms in total. The average Bonchev–Trinajstić information content (AvgIpc) is 3.24. The predicted octanol–water partition coefficient (Wildman–Crippen LogP) is 2.53. The highest BCUT2D eigenvalue weighted by atomic mass is 32.1. The zero-order chi connectivity index (χ0) is 22.2. The van der Waals surface area contributed by atoms with Crippen molar-refractivity contribution in [1.82, 2.24) is 35.0 Å². The maximum Gasteiger partial charge on any atom is 0.257 e. The fraction of sp³-hybridized carbons (Fsp3) is 0.348. The lowest BCUT2D eigenvalue weighted by molar-refractivity contribution is 0.162. The van der Waals surface area contributed by atoms with Crippen molar-refractivity contribution in [2.75, 3.05) is 38.2 Å². The van der Waals surface area contributed by atoms with Crippen molar-refractivity contribution in [3.05, 3.63) is 48.7 Å². The topological polar surface area (TPSA) is 112 Å². The van der Waals surface area contributed by atoms with Gasteiger partial charge in [-0.2, -0.15) is 18.6 Å². The number of fused-ring (bicyclic) bond motifs is 2. The molecule has 0 unspecified atom stereocenters. The second-order valence-electron chi connectivity index (χ2n) is 8.34. The molecule has 1 saturated heterocycles. The molecule has 2 aliphatic rings. The van der Waals surface area contributed by atoms with E-state index in [-0.39, 0.29) is 19.4 Å². The second kappa shape index (κ2) is 9.43. The van der Waals surface area contributed by atoms with Gasteiger partial charge in [-0.1, -0.05) is 6.92 Å². The monoisotopic (exact) mass is 478 g/mol. The highest BCUT2D eigenvalue weighted by molar-refractivity contribution is 7.59. The maximum absolute atomic E-state index is 5.81. The molecule has 11 heteroatoms. The second-order valence-corrected chi connectivity index (χ2v) is 8.34. The van der Waals surface area contributed by atoms with Gasteiger partial charge in [0.1, 0.15) is 25.4 Å². The Balaban J connectivity index is 0.00000241. The molecule has 2 N–H and O–H groups in total. The van der Waals surface area contributed by atoms with E-state index in [4.69, 9.17) is 9.47 Å². The Kier molecular flexibility index (Phi) is 6.20. The van der Waals surface area contributed by atoms with Gasteiger partial charge in [-0.15, -0.1) is 0 Å². The van der Waals surface area contributed by atoms with Crippen LogP contribution in [0.15, 0.2) is 43.1 Å². The Morgan fingerprint density at radius 2 is 2.00 bits per heavy atom. The van der Waals surface area contributed by atoms with Crippen LogP contribution >= 0.6 is 13.5 Å². The van der Waals surface area contributed by atoms with Crippen molar-refractivity contribution >= 4 is 30.3 Å². The number of nitrogens with one attached hydrogen (secondary N) is 2. The van der Waals surface area contributed by atoms with Crippen LogP contribution in [0.5, 0.6) is 11.6 Å². The van der Waals surface area contributed by atoms with Crippen molar-refractivity contribution < 1.29 is 9.47 Å². The van der Waals surface area contributed by atoms with Gasteiger partial charge in [0.2, 0.25) is 0 Å². The van der Waals surface area contributed by atoms with Crippen LogP contribution in [0.25, 0.3) is 22.3 Å². The van der Waals surface area contributed by atoms with Crippen LogP contribution in [0.3, 0.4) is 0 Å². The van der Waals surface area contributed by atoms with E-state index in [1.807, 2.05) is 29.2 Å². The number of hydrogen-bond acceptors (Lipinski definition) is 9. The van der Waals surface area contributed by atoms with Crippen molar-refractivity contribution in [2.24, 2.45) is 0 Å². The molecule has 4 aromatic rings. The van der Waals surface area contributed by atoms with E-state index >= 15 is 0 Å². The normalized spacial score (nSPS) is 15.9. The number of rotatable bonds is 6. The molecule has 34 heavy (non-hydrogen) atoms. The minimum Gasteiger partial charge on any atom is -0.484 e. The smallest absolute Gasteiger partial charge is 0.257 e. The van der Waals surface area contributed by atoms with Gasteiger partial charge in [0.25, 0.3) is 5.88 Å². The van der Waals surface area contributed by atoms with Crippen LogP contribution in [-0.4, -0.2) is 62.6 Å². The number of aromatic nitrogens is 6. The number of anilines is 1. The third-order valence-electron chi connectivity index (χ3n) is 6.09. The Morgan fingerprint density at radius 1 is 1.12 bits per heavy atom. The van der Waals surface area contributed by atoms with Gasteiger partial charge >= 0.3 is 0 Å². The van der Waals surface area contributed by atoms with Crippen molar-refractivity contribution in [1.29, 1.82) is 0 Å². The summed E-state index contributed by atoms with van der Waals surface area (Å²) in [6.07, 6.45) is 7.05. The van der Waals surface area contributed by atoms with E-state index in [1.165, 1.54) is 0 Å². The third kappa shape index (κ3) is 4.12. The number of nitrogens with zero attached hydrogens (tertiary/aromatic N) is 6. The molecular weight excluding hydrogens is 452 g/mol. The first-order valence-corrected chi connectivity index (χ1v) is 11.1. The van der Waals surface area contributed by atoms with Crippen LogP contribution in [0, 0.1) is 0 Å². The lowest BCUT2D eigenvalue weighted by atomic mass is 10.0. The van der Waals surface area contributed by atoms with E-state index in [1.54, 1.807) is 12.5 Å². The van der Waals surface area contributed by atoms with Gasteiger partial charge in [0.05, 0.1) is 17.9 Å². The third-order valence-corrected chi connectivity index (χ3v) is 6.09. The molecule has 0 spiro atoms. The number of pyridine rings is 2. The highest BCUT2D eigenvalue weighted by Crippen LogP contribution is 2.35. The summed E-state index contributed by atoms with van der Waals surface area (Å²) in [5, 5.41) is 12.2. The summed E-state index contributed by atoms with van der Waals surface area (Å²) in [5.41, 5.74) is 3.71. The van der Waals surface area contributed by atoms with E-state index < -0.39 is 0 Å². The molecule has 0 radical (unpaired) electrons. The SMILES string of the molecule is C[C@H](CNc1cc(-c2cnc3c(cnn3C3CNC3)c2)ncn1)c1ccnc2c1OCCO2.S. The first-order valence-electron chi connectivity index (χ1n) is 11.1. The summed E-state index contributed by atoms with van der Waals surface area (Å²) < 4.78 is 13.4. The van der Waals surface area contributed by atoms with Gasteiger partial charge in [-0.05, 0) is 12.1 Å². The molecule has 0 amide bonds. The van der Waals surface area contributed by atoms with Crippen molar-refractivity contribution in [2.45, 2.75) is 18.9 Å². The maximum atomic E-state index is 5.81. The van der Waals surface area contributed by atoms with E-state index in [0.717, 1.165) is 52.5 Å². The van der Waals surface area contributed by atoms with Gasteiger partial charge in [-0.3, -0.25) is 0 Å². The molecule has 1 atom stereocenters. The van der Waals surface area contributed by atoms with Crippen LogP contribution < -0.4 is 20.1 Å². The molecule has 2 aliphatic heterocycles. The van der Waals surface area contributed by atoms with Gasteiger partial charge < -0.3 is 20.1 Å². The Labute approximate surface area is 203 Å². The van der Waals surface area contributed by atoms with Crippen LogP contribution in [0.4, 0.5) is 5.82 Å². The summed E-state index contributed by atoms with van der Waals surface area (Å²) >= 11 is 0. The van der Waals surface area contributed by atoms with E-state index in [9.17, 15) is 0 Å². The zero-order valence-electron chi connectivity index (χ0n) is 18.7. The summed E-state index contributed by atoms with van der Waals surface area (Å²) in [4.78, 5) is 17.8. The van der Waals surface area contributed by atoms with Gasteiger partial charge in [-0.25, -0.2) is 24.6 Å². The fourth-order valence-corrected chi connectivity index (χ4v) is 4.13. The lowest BCUT2D eigenvalue weighted by Gasteiger charge is -2.27. The Morgan fingerprint density at radius 3 is 2.85 bits per heavy atom. The largest absolute Gasteiger partial charge is 0.484 e. The van der Waals surface area contributed by atoms with Gasteiger partial charge in [0.15, 0.2) is 11.4 Å². The van der Waals surface area contributed by atoms with Crippen LogP contribution in [0.1, 0.15) is 24.4 Å². The molecular formula is C23H26N8O2S. The molecule has 176 valence electrons. The van der Waals surface area contributed by atoms with E-state index in [0.29, 0.717) is 31.7 Å². The Hall–Kier alpha value is -3.44. The summed E-state index contributed by atoms with van der Waals surface area (Å²) in [7, 11) is 0. The molecule has 0 saturated carbocycles. The first-order chi connectivity index (χ1) is 16.3. The van der Waals surface area contributed by atoms with Gasteiger partial charge in [0, 0.05) is 60.5 Å². The van der Waals surface area contributed by atoms with Crippen LogP contribution in [0.2, 0.25) is 0 Å². The molecule has 0 aromatic carbocycles. The van der Waals surface area contributed by atoms with Crippen LogP contribution in [-0.2, 0) is 0 Å². The highest BCUT2D eigenvalue weighted by Gasteiger charge is 2.22. The predicted molar refractivity (Wildman–Crippen MR) is 133 cm³/mol. The van der Waals surface area contributed by atoms with Crippen molar-refractivity contribution in [3.63, 3.8) is 0 Å². The molecule has 6 heterocycles. The summed E-state index contributed by atoms with van der Waals surface area (Å²) in [5.74, 6) is 2.23. The number of hydrogen-bond donors (Lipinski definition) is 2. The average molecular weight is 479 g/mol. The van der Waals surface area contributed by atoms with Crippen molar-refractivity contribution in [3.8, 4) is 22.9 Å². The minimum atomic E-state index is 0. The molecule has 0 bridgehead atoms. The molecule has 0 aliphatic carbocycles. The number of ether oxygens (including phenoxy) is 2. The summed E-state index contributed by atoms with van der Waals surface area (Å²) in [6.45, 7) is 5.74. The fourth-order valence-electron chi connectivity index (χ4n) is 4.13. The lowest BCUT2D eigenvalue weighted by Crippen LogP contribution is -2.43. The molecule has 4 aromatic heterocycles. The zero-order valence-corrected chi connectivity index (χ0v) is 19.7. The first kappa shape index (κ1) is 22.4. The molecule has 1 fully saturated rings. The molecule has 6 rings (SSSR count). The quantitative estimate of drug-likeness (QED) is 0.432. The standard InChI is InChI=1S/C23H24N8O2.H2S/c1-14(18-2-3-25-23-21(18)32-4-5-33-23)8-26-20-7-19(28-13-29-20)15-6-16-10-30-31(17-11-24-12-17)22(16)27-9-15;/h2-3,6-7,9-10,13-14,17,24H,4-5,8,11-12H2,1H3,(H,26,28,29);1H2/t14-;/m1./s1. The Bertz CT molecular complexity index is 1310. The summed E-state index contributed by atoms with van der Waals surface area (Å²) in [6, 6.07) is 6.37.